The fourth-order valence-electron chi connectivity index (χ4n) is 2.69. The van der Waals surface area contributed by atoms with Crippen LogP contribution in [0, 0.1) is 11.6 Å². The highest BCUT2D eigenvalue weighted by Crippen LogP contribution is 2.39. The van der Waals surface area contributed by atoms with Crippen LogP contribution in [-0.4, -0.2) is 36.2 Å². The summed E-state index contributed by atoms with van der Waals surface area (Å²) in [6.07, 6.45) is 1.52. The molecule has 0 unspecified atom stereocenters. The van der Waals surface area contributed by atoms with Crippen molar-refractivity contribution >= 4 is 40.7 Å². The Kier molecular flexibility index (Phi) is 9.82. The van der Waals surface area contributed by atoms with Crippen LogP contribution in [0.4, 0.5) is 8.78 Å². The summed E-state index contributed by atoms with van der Waals surface area (Å²) >= 11 is 3.09. The minimum atomic E-state index is -0.942. The van der Waals surface area contributed by atoms with Gasteiger partial charge >= 0.3 is 0 Å². The molecule has 0 aromatic heterocycles. The molecule has 1 fully saturated rings. The van der Waals surface area contributed by atoms with E-state index in [2.05, 4.69) is 26.1 Å². The molecule has 0 saturated carbocycles. The number of halogens is 5. The van der Waals surface area contributed by atoms with Gasteiger partial charge in [-0.3, -0.25) is 4.90 Å². The molecule has 8 heteroatoms. The first-order chi connectivity index (χ1) is 9.56. The van der Waals surface area contributed by atoms with Gasteiger partial charge in [0.05, 0.1) is 10.0 Å². The summed E-state index contributed by atoms with van der Waals surface area (Å²) in [6, 6.07) is 0.670. The molecule has 2 N–H and O–H groups in total. The highest BCUT2D eigenvalue weighted by Gasteiger charge is 2.29. The summed E-state index contributed by atoms with van der Waals surface area (Å²) in [6.45, 7) is 5.16. The molecular formula is C14H21BrCl2F2N2O. The molecule has 22 heavy (non-hydrogen) atoms. The van der Waals surface area contributed by atoms with E-state index in [0.717, 1.165) is 38.7 Å². The lowest BCUT2D eigenvalue weighted by atomic mass is 9.98. The number of nitrogens with zero attached hydrogens (tertiary/aromatic N) is 1. The number of aromatic hydroxyl groups is 1. The van der Waals surface area contributed by atoms with E-state index in [9.17, 15) is 13.9 Å². The first-order valence-corrected chi connectivity index (χ1v) is 7.66. The van der Waals surface area contributed by atoms with Gasteiger partial charge < -0.3 is 10.4 Å². The van der Waals surface area contributed by atoms with Crippen LogP contribution >= 0.6 is 40.7 Å². The van der Waals surface area contributed by atoms with E-state index >= 15 is 0 Å². The van der Waals surface area contributed by atoms with E-state index < -0.39 is 11.6 Å². The summed E-state index contributed by atoms with van der Waals surface area (Å²) in [5.41, 5.74) is 0.0700. The maximum absolute atomic E-state index is 14.2. The number of piperazine rings is 1. The molecule has 0 bridgehead atoms. The number of hydrogen-bond acceptors (Lipinski definition) is 3. The molecule has 1 aromatic carbocycles. The average Bonchev–Trinajstić information content (AvgIpc) is 2.45. The second-order valence-corrected chi connectivity index (χ2v) is 5.86. The number of benzene rings is 1. The van der Waals surface area contributed by atoms with Crippen LogP contribution < -0.4 is 5.32 Å². The van der Waals surface area contributed by atoms with Gasteiger partial charge in [-0.2, -0.15) is 0 Å². The predicted octanol–water partition coefficient (Wildman–Crippen LogP) is 4.02. The van der Waals surface area contributed by atoms with Crippen LogP contribution in [-0.2, 0) is 0 Å². The SMILES string of the molecule is CCC[C@@H](c1c(O)c(Br)cc(F)c1F)N1CCNCC1.Cl.Cl. The summed E-state index contributed by atoms with van der Waals surface area (Å²) in [5, 5.41) is 13.4. The molecule has 128 valence electrons. The number of phenolic OH excluding ortho intramolecular Hbond substituents is 1. The molecule has 1 aromatic rings. The quantitative estimate of drug-likeness (QED) is 0.720. The Balaban J connectivity index is 0.00000220. The van der Waals surface area contributed by atoms with Crippen LogP contribution in [0.3, 0.4) is 0 Å². The van der Waals surface area contributed by atoms with E-state index in [1.54, 1.807) is 0 Å². The van der Waals surface area contributed by atoms with E-state index in [1.165, 1.54) is 0 Å². The van der Waals surface area contributed by atoms with E-state index in [1.807, 2.05) is 6.92 Å². The van der Waals surface area contributed by atoms with Gasteiger partial charge in [-0.15, -0.1) is 24.8 Å². The van der Waals surface area contributed by atoms with E-state index in [-0.39, 0.29) is 46.6 Å². The zero-order valence-electron chi connectivity index (χ0n) is 12.2. The molecule has 0 spiro atoms. The Bertz CT molecular complexity index is 462. The zero-order valence-corrected chi connectivity index (χ0v) is 15.5. The molecule has 1 atom stereocenters. The van der Waals surface area contributed by atoms with Crippen LogP contribution in [0.2, 0.25) is 0 Å². The maximum Gasteiger partial charge on any atom is 0.167 e. The Hall–Kier alpha value is -0.140. The lowest BCUT2D eigenvalue weighted by molar-refractivity contribution is 0.157. The van der Waals surface area contributed by atoms with Crippen molar-refractivity contribution in [1.82, 2.24) is 10.2 Å². The molecule has 0 radical (unpaired) electrons. The highest BCUT2D eigenvalue weighted by atomic mass is 79.9. The second kappa shape index (κ2) is 9.88. The van der Waals surface area contributed by atoms with Crippen LogP contribution in [0.15, 0.2) is 10.5 Å². The minimum absolute atomic E-state index is 0. The fraction of sp³-hybridized carbons (Fsp3) is 0.571. The molecule has 0 aliphatic carbocycles. The first kappa shape index (κ1) is 21.9. The van der Waals surface area contributed by atoms with Gasteiger partial charge in [0.2, 0.25) is 0 Å². The van der Waals surface area contributed by atoms with Gasteiger partial charge in [0, 0.05) is 32.2 Å². The Labute approximate surface area is 150 Å². The van der Waals surface area contributed by atoms with Gasteiger partial charge in [0.15, 0.2) is 11.6 Å². The molecule has 1 saturated heterocycles. The van der Waals surface area contributed by atoms with Crippen molar-refractivity contribution in [1.29, 1.82) is 0 Å². The normalized spacial score (nSPS) is 16.5. The Morgan fingerprint density at radius 3 is 2.45 bits per heavy atom. The summed E-state index contributed by atoms with van der Waals surface area (Å²) < 4.78 is 28.0. The van der Waals surface area contributed by atoms with Gasteiger partial charge in [0.1, 0.15) is 5.75 Å². The van der Waals surface area contributed by atoms with Crippen molar-refractivity contribution in [3.8, 4) is 5.75 Å². The van der Waals surface area contributed by atoms with Gasteiger partial charge in [-0.25, -0.2) is 8.78 Å². The molecule has 1 aliphatic rings. The first-order valence-electron chi connectivity index (χ1n) is 6.87. The van der Waals surface area contributed by atoms with Crippen LogP contribution in [0.5, 0.6) is 5.75 Å². The monoisotopic (exact) mass is 420 g/mol. The number of hydrogen-bond donors (Lipinski definition) is 2. The van der Waals surface area contributed by atoms with Gasteiger partial charge in [-0.05, 0) is 28.4 Å². The molecule has 0 amide bonds. The highest BCUT2D eigenvalue weighted by molar-refractivity contribution is 9.10. The van der Waals surface area contributed by atoms with Gasteiger partial charge in [-0.1, -0.05) is 13.3 Å². The Morgan fingerprint density at radius 2 is 1.91 bits per heavy atom. The number of phenols is 1. The molecule has 3 nitrogen and oxygen atoms in total. The average molecular weight is 422 g/mol. The van der Waals surface area contributed by atoms with Crippen molar-refractivity contribution in [3.63, 3.8) is 0 Å². The summed E-state index contributed by atoms with van der Waals surface area (Å²) in [7, 11) is 0. The van der Waals surface area contributed by atoms with Crippen molar-refractivity contribution in [2.24, 2.45) is 0 Å². The molecular weight excluding hydrogens is 401 g/mol. The predicted molar refractivity (Wildman–Crippen MR) is 92.3 cm³/mol. The van der Waals surface area contributed by atoms with Crippen LogP contribution in [0.1, 0.15) is 31.4 Å². The molecule has 1 aliphatic heterocycles. The van der Waals surface area contributed by atoms with Crippen molar-refractivity contribution < 1.29 is 13.9 Å². The standard InChI is InChI=1S/C14H19BrF2N2O.2ClH/c1-2-3-11(19-6-4-18-5-7-19)12-13(17)10(16)8-9(15)14(12)20;;/h8,11,18,20H,2-7H2,1H3;2*1H/t11-;;/m0../s1. The van der Waals surface area contributed by atoms with E-state index in [4.69, 9.17) is 0 Å². The van der Waals surface area contributed by atoms with E-state index in [0.29, 0.717) is 6.42 Å². The third-order valence-electron chi connectivity index (χ3n) is 3.67. The van der Waals surface area contributed by atoms with Crippen molar-refractivity contribution in [3.05, 3.63) is 27.7 Å². The minimum Gasteiger partial charge on any atom is -0.506 e. The zero-order chi connectivity index (χ0) is 14.7. The summed E-state index contributed by atoms with van der Waals surface area (Å²) in [4.78, 5) is 2.10. The summed E-state index contributed by atoms with van der Waals surface area (Å²) in [5.74, 6) is -2.07. The molecule has 1 heterocycles. The third-order valence-corrected chi connectivity index (χ3v) is 4.27. The smallest absolute Gasteiger partial charge is 0.167 e. The van der Waals surface area contributed by atoms with Crippen molar-refractivity contribution in [2.45, 2.75) is 25.8 Å². The number of rotatable bonds is 4. The van der Waals surface area contributed by atoms with Crippen LogP contribution in [0.25, 0.3) is 0 Å². The Morgan fingerprint density at radius 1 is 1.32 bits per heavy atom. The maximum atomic E-state index is 14.2. The number of nitrogens with one attached hydrogen (secondary N) is 1. The lowest BCUT2D eigenvalue weighted by Crippen LogP contribution is -2.45. The fourth-order valence-corrected chi connectivity index (χ4v) is 3.10. The largest absolute Gasteiger partial charge is 0.506 e. The van der Waals surface area contributed by atoms with Gasteiger partial charge in [0.25, 0.3) is 0 Å². The topological polar surface area (TPSA) is 35.5 Å². The van der Waals surface area contributed by atoms with Crippen molar-refractivity contribution in [2.75, 3.05) is 26.2 Å². The lowest BCUT2D eigenvalue weighted by Gasteiger charge is -2.35. The third kappa shape index (κ3) is 4.68. The molecule has 2 rings (SSSR count). The second-order valence-electron chi connectivity index (χ2n) is 5.01.